The topological polar surface area (TPSA) is 48.3 Å². The maximum absolute atomic E-state index is 9.09. The number of benzene rings is 1. The minimum absolute atomic E-state index is 0. The second kappa shape index (κ2) is 10.7. The van der Waals surface area contributed by atoms with Crippen molar-refractivity contribution >= 4 is 24.8 Å². The predicted molar refractivity (Wildman–Crippen MR) is 94.1 cm³/mol. The number of rotatable bonds is 5. The summed E-state index contributed by atoms with van der Waals surface area (Å²) in [7, 11) is 0. The van der Waals surface area contributed by atoms with Gasteiger partial charge in [-0.2, -0.15) is 5.26 Å². The lowest BCUT2D eigenvalue weighted by atomic mass is 10.0. The largest absolute Gasteiger partial charge is 0.491 e. The number of hydrogen-bond donors (Lipinski definition) is 1. The first-order valence-corrected chi connectivity index (χ1v) is 7.29. The number of nitrogens with one attached hydrogen (secondary N) is 1. The molecule has 0 bridgehead atoms. The van der Waals surface area contributed by atoms with Crippen molar-refractivity contribution in [2.45, 2.75) is 32.4 Å². The van der Waals surface area contributed by atoms with Crippen LogP contribution in [0.1, 0.15) is 31.9 Å². The summed E-state index contributed by atoms with van der Waals surface area (Å²) < 4.78 is 5.67. The Morgan fingerprint density at radius 1 is 1.18 bits per heavy atom. The monoisotopic (exact) mass is 345 g/mol. The zero-order valence-corrected chi connectivity index (χ0v) is 14.8. The molecule has 0 aromatic heterocycles. The van der Waals surface area contributed by atoms with Gasteiger partial charge in [-0.25, -0.2) is 0 Å². The van der Waals surface area contributed by atoms with Crippen LogP contribution in [0.5, 0.6) is 5.75 Å². The van der Waals surface area contributed by atoms with Gasteiger partial charge >= 0.3 is 0 Å². The molecule has 1 fully saturated rings. The number of halogens is 2. The molecule has 6 heteroatoms. The second-order valence-electron chi connectivity index (χ2n) is 5.40. The van der Waals surface area contributed by atoms with Crippen molar-refractivity contribution in [3.8, 4) is 11.8 Å². The summed E-state index contributed by atoms with van der Waals surface area (Å²) in [6.07, 6.45) is 0.716. The summed E-state index contributed by atoms with van der Waals surface area (Å²) in [5.74, 6) is 0.889. The molecule has 0 spiro atoms. The SMILES string of the molecule is CC(C)Oc1ccc([C@@H](CC#N)N2CCNCC2)cc1.Cl.Cl. The van der Waals surface area contributed by atoms with E-state index in [4.69, 9.17) is 10.00 Å². The van der Waals surface area contributed by atoms with Gasteiger partial charge in [0.1, 0.15) is 5.75 Å². The molecule has 0 amide bonds. The molecule has 1 heterocycles. The molecule has 1 aliphatic rings. The van der Waals surface area contributed by atoms with E-state index in [0.29, 0.717) is 6.42 Å². The highest BCUT2D eigenvalue weighted by Gasteiger charge is 2.21. The molecule has 0 unspecified atom stereocenters. The maximum atomic E-state index is 9.09. The molecule has 0 radical (unpaired) electrons. The molecule has 1 saturated heterocycles. The average Bonchev–Trinajstić information content (AvgIpc) is 2.46. The van der Waals surface area contributed by atoms with E-state index in [1.165, 1.54) is 5.56 Å². The minimum Gasteiger partial charge on any atom is -0.491 e. The van der Waals surface area contributed by atoms with Crippen molar-refractivity contribution in [1.29, 1.82) is 5.26 Å². The first-order valence-electron chi connectivity index (χ1n) is 7.29. The molecule has 22 heavy (non-hydrogen) atoms. The van der Waals surface area contributed by atoms with Crippen LogP contribution in [0.4, 0.5) is 0 Å². The van der Waals surface area contributed by atoms with E-state index in [0.717, 1.165) is 31.9 Å². The van der Waals surface area contributed by atoms with Crippen LogP contribution in [0, 0.1) is 11.3 Å². The first-order chi connectivity index (χ1) is 9.70. The summed E-state index contributed by atoms with van der Waals surface area (Å²) in [6.45, 7) is 8.03. The van der Waals surface area contributed by atoms with Crippen molar-refractivity contribution in [3.05, 3.63) is 29.8 Å². The number of nitrogens with zero attached hydrogens (tertiary/aromatic N) is 2. The third-order valence-corrected chi connectivity index (χ3v) is 3.51. The fraction of sp³-hybridized carbons (Fsp3) is 0.562. The zero-order chi connectivity index (χ0) is 14.4. The highest BCUT2D eigenvalue weighted by Crippen LogP contribution is 2.26. The lowest BCUT2D eigenvalue weighted by Gasteiger charge is -2.34. The molecule has 124 valence electrons. The Morgan fingerprint density at radius 2 is 1.77 bits per heavy atom. The molecular formula is C16H25Cl2N3O. The Balaban J connectivity index is 0.00000220. The van der Waals surface area contributed by atoms with E-state index in [-0.39, 0.29) is 37.0 Å². The standard InChI is InChI=1S/C16H23N3O.2ClH/c1-13(2)20-15-5-3-14(4-6-15)16(7-8-17)19-11-9-18-10-12-19;;/h3-6,13,16,18H,7,9-12H2,1-2H3;2*1H/t16-;;/m1../s1. The van der Waals surface area contributed by atoms with Gasteiger partial charge in [-0.3, -0.25) is 4.90 Å². The zero-order valence-electron chi connectivity index (χ0n) is 13.1. The summed E-state index contributed by atoms with van der Waals surface area (Å²) in [4.78, 5) is 2.39. The van der Waals surface area contributed by atoms with Gasteiger partial charge < -0.3 is 10.1 Å². The Morgan fingerprint density at radius 3 is 2.27 bits per heavy atom. The summed E-state index contributed by atoms with van der Waals surface area (Å²) in [5, 5.41) is 12.4. The van der Waals surface area contributed by atoms with Gasteiger partial charge in [0.15, 0.2) is 0 Å². The van der Waals surface area contributed by atoms with E-state index in [2.05, 4.69) is 28.4 Å². The highest BCUT2D eigenvalue weighted by atomic mass is 35.5. The van der Waals surface area contributed by atoms with Gasteiger partial charge in [-0.1, -0.05) is 12.1 Å². The van der Waals surface area contributed by atoms with Gasteiger partial charge in [-0.05, 0) is 31.5 Å². The number of piperazine rings is 1. The van der Waals surface area contributed by atoms with E-state index in [1.807, 2.05) is 26.0 Å². The van der Waals surface area contributed by atoms with Gasteiger partial charge in [0.25, 0.3) is 0 Å². The van der Waals surface area contributed by atoms with Gasteiger partial charge in [-0.15, -0.1) is 24.8 Å². The normalized spacial score (nSPS) is 16.1. The van der Waals surface area contributed by atoms with E-state index >= 15 is 0 Å². The third-order valence-electron chi connectivity index (χ3n) is 3.51. The molecule has 0 saturated carbocycles. The van der Waals surface area contributed by atoms with E-state index in [1.54, 1.807) is 0 Å². The lowest BCUT2D eigenvalue weighted by Crippen LogP contribution is -2.45. The van der Waals surface area contributed by atoms with Gasteiger partial charge in [0, 0.05) is 32.2 Å². The molecule has 1 aliphatic heterocycles. The molecule has 1 N–H and O–H groups in total. The Kier molecular flexibility index (Phi) is 10.2. The molecular weight excluding hydrogens is 321 g/mol. The fourth-order valence-electron chi connectivity index (χ4n) is 2.58. The van der Waals surface area contributed by atoms with Crippen molar-refractivity contribution < 1.29 is 4.74 Å². The summed E-state index contributed by atoms with van der Waals surface area (Å²) in [6, 6.07) is 10.7. The number of nitriles is 1. The smallest absolute Gasteiger partial charge is 0.119 e. The van der Waals surface area contributed by atoms with Crippen LogP contribution < -0.4 is 10.1 Å². The van der Waals surface area contributed by atoms with Crippen LogP contribution >= 0.6 is 24.8 Å². The first kappa shape index (κ1) is 21.0. The van der Waals surface area contributed by atoms with Crippen LogP contribution in [-0.2, 0) is 0 Å². The second-order valence-corrected chi connectivity index (χ2v) is 5.40. The molecule has 2 rings (SSSR count). The van der Waals surface area contributed by atoms with Crippen LogP contribution in [0.25, 0.3) is 0 Å². The average molecular weight is 346 g/mol. The Labute approximate surface area is 145 Å². The molecule has 4 nitrogen and oxygen atoms in total. The van der Waals surface area contributed by atoms with Crippen LogP contribution in [-0.4, -0.2) is 37.2 Å². The molecule has 1 aromatic carbocycles. The van der Waals surface area contributed by atoms with Crippen LogP contribution in [0.15, 0.2) is 24.3 Å². The molecule has 1 aromatic rings. The number of ether oxygens (including phenoxy) is 1. The number of hydrogen-bond acceptors (Lipinski definition) is 4. The van der Waals surface area contributed by atoms with Crippen molar-refractivity contribution in [1.82, 2.24) is 10.2 Å². The van der Waals surface area contributed by atoms with Crippen LogP contribution in [0.3, 0.4) is 0 Å². The molecule has 1 atom stereocenters. The Bertz CT molecular complexity index is 453. The Hall–Kier alpha value is -0.990. The summed E-state index contributed by atoms with van der Waals surface area (Å²) >= 11 is 0. The van der Waals surface area contributed by atoms with E-state index in [9.17, 15) is 0 Å². The van der Waals surface area contributed by atoms with Crippen molar-refractivity contribution in [3.63, 3.8) is 0 Å². The lowest BCUT2D eigenvalue weighted by molar-refractivity contribution is 0.175. The molecule has 0 aliphatic carbocycles. The third kappa shape index (κ3) is 6.02. The predicted octanol–water partition coefficient (Wildman–Crippen LogP) is 3.18. The minimum atomic E-state index is 0. The fourth-order valence-corrected chi connectivity index (χ4v) is 2.58. The quantitative estimate of drug-likeness (QED) is 0.890. The maximum Gasteiger partial charge on any atom is 0.119 e. The highest BCUT2D eigenvalue weighted by molar-refractivity contribution is 5.85. The van der Waals surface area contributed by atoms with E-state index < -0.39 is 0 Å². The van der Waals surface area contributed by atoms with Gasteiger partial charge in [0.2, 0.25) is 0 Å². The van der Waals surface area contributed by atoms with Crippen molar-refractivity contribution in [2.75, 3.05) is 26.2 Å². The van der Waals surface area contributed by atoms with Crippen molar-refractivity contribution in [2.24, 2.45) is 0 Å². The van der Waals surface area contributed by atoms with Gasteiger partial charge in [0.05, 0.1) is 18.6 Å². The summed E-state index contributed by atoms with van der Waals surface area (Å²) in [5.41, 5.74) is 1.20. The van der Waals surface area contributed by atoms with Crippen LogP contribution in [0.2, 0.25) is 0 Å².